The predicted octanol–water partition coefficient (Wildman–Crippen LogP) is -1.08. The number of nitrogens with zero attached hydrogens (tertiary/aromatic N) is 5. The molecule has 0 saturated carbocycles. The van der Waals surface area contributed by atoms with Crippen LogP contribution in [0.4, 0.5) is 5.82 Å². The molecule has 1 aliphatic heterocycles. The molecule has 4 N–H and O–H groups in total. The van der Waals surface area contributed by atoms with E-state index in [9.17, 15) is 19.2 Å². The van der Waals surface area contributed by atoms with E-state index < -0.39 is 29.0 Å². The third kappa shape index (κ3) is 3.92. The van der Waals surface area contributed by atoms with Crippen molar-refractivity contribution in [2.24, 2.45) is 12.8 Å². The van der Waals surface area contributed by atoms with Crippen LogP contribution in [-0.4, -0.2) is 54.4 Å². The summed E-state index contributed by atoms with van der Waals surface area (Å²) in [7, 11) is 1.77. The first kappa shape index (κ1) is 21.5. The van der Waals surface area contributed by atoms with Crippen molar-refractivity contribution in [2.75, 3.05) is 18.8 Å². The van der Waals surface area contributed by atoms with Gasteiger partial charge in [0.1, 0.15) is 17.2 Å². The summed E-state index contributed by atoms with van der Waals surface area (Å²) in [5.41, 5.74) is 10.0. The number of carbonyl (C=O) groups is 2. The van der Waals surface area contributed by atoms with Crippen molar-refractivity contribution in [3.63, 3.8) is 0 Å². The molecule has 0 bridgehead atoms. The van der Waals surface area contributed by atoms with Gasteiger partial charge < -0.3 is 16.0 Å². The summed E-state index contributed by atoms with van der Waals surface area (Å²) in [5, 5.41) is 0. The zero-order valence-electron chi connectivity index (χ0n) is 17.2. The van der Waals surface area contributed by atoms with Gasteiger partial charge in [-0.3, -0.25) is 28.4 Å². The molecule has 1 fully saturated rings. The molecule has 162 valence electrons. The highest BCUT2D eigenvalue weighted by Gasteiger charge is 2.31. The number of piperidine rings is 1. The number of ketones is 1. The Morgan fingerprint density at radius 3 is 2.57 bits per heavy atom. The molecule has 11 nitrogen and oxygen atoms in total. The van der Waals surface area contributed by atoms with Crippen LogP contribution >= 0.6 is 0 Å². The maximum Gasteiger partial charge on any atom is 0.333 e. The summed E-state index contributed by atoms with van der Waals surface area (Å²) in [5.74, 6) is -0.689. The van der Waals surface area contributed by atoms with Gasteiger partial charge in [-0.25, -0.2) is 9.78 Å². The largest absolute Gasteiger partial charge is 0.384 e. The highest BCUT2D eigenvalue weighted by Crippen LogP contribution is 2.18. The van der Waals surface area contributed by atoms with Crippen molar-refractivity contribution in [1.82, 2.24) is 23.6 Å². The average Bonchev–Trinajstić information content (AvgIpc) is 3.10. The predicted molar refractivity (Wildman–Crippen MR) is 110 cm³/mol. The van der Waals surface area contributed by atoms with E-state index in [1.54, 1.807) is 35.8 Å². The van der Waals surface area contributed by atoms with Crippen molar-refractivity contribution in [3.8, 4) is 0 Å². The topological polar surface area (TPSA) is 151 Å². The smallest absolute Gasteiger partial charge is 0.333 e. The number of nitrogens with two attached hydrogens (primary N) is 2. The van der Waals surface area contributed by atoms with E-state index in [1.807, 2.05) is 0 Å². The lowest BCUT2D eigenvalue weighted by Crippen LogP contribution is -2.51. The second-order valence-corrected chi connectivity index (χ2v) is 7.44. The number of Topliss-reactive ketones (excluding diaryl/α,β-unsaturated/α-hetero) is 1. The molecule has 1 amide bonds. The Labute approximate surface area is 172 Å². The van der Waals surface area contributed by atoms with Gasteiger partial charge in [-0.05, 0) is 26.3 Å². The van der Waals surface area contributed by atoms with Crippen molar-refractivity contribution < 1.29 is 9.59 Å². The number of hydrogen-bond donors (Lipinski definition) is 2. The van der Waals surface area contributed by atoms with Crippen LogP contribution in [0.25, 0.3) is 0 Å². The summed E-state index contributed by atoms with van der Waals surface area (Å²) < 4.78 is 3.89. The number of rotatable bonds is 7. The van der Waals surface area contributed by atoms with Crippen LogP contribution in [0, 0.1) is 0 Å². The van der Waals surface area contributed by atoms with Crippen LogP contribution in [-0.2, 0) is 24.9 Å². The van der Waals surface area contributed by atoms with Crippen molar-refractivity contribution in [1.29, 1.82) is 0 Å². The first-order valence-corrected chi connectivity index (χ1v) is 9.92. The van der Waals surface area contributed by atoms with Crippen LogP contribution in [0.15, 0.2) is 22.0 Å². The molecule has 2 aromatic rings. The summed E-state index contributed by atoms with van der Waals surface area (Å²) in [6, 6.07) is -0.559. The number of aromatic nitrogens is 4. The fraction of sp³-hybridized carbons (Fsp3) is 0.526. The zero-order valence-corrected chi connectivity index (χ0v) is 17.2. The number of nitrogen functional groups attached to an aromatic ring is 1. The Hall–Kier alpha value is -3.21. The second-order valence-electron chi connectivity index (χ2n) is 7.44. The Kier molecular flexibility index (Phi) is 6.20. The average molecular weight is 417 g/mol. The number of aryl methyl sites for hydroxylation is 1. The SMILES string of the molecule is CCn1c(=O)c(C(=O)CN2CCCC[C@@H]2C(N)=O)c(N)n(Cc2nccn2C)c1=O. The molecule has 1 aliphatic rings. The molecular weight excluding hydrogens is 390 g/mol. The van der Waals surface area contributed by atoms with Gasteiger partial charge in [-0.2, -0.15) is 0 Å². The zero-order chi connectivity index (χ0) is 22.0. The Bertz CT molecular complexity index is 1080. The van der Waals surface area contributed by atoms with E-state index in [4.69, 9.17) is 11.5 Å². The number of carbonyl (C=O) groups excluding carboxylic acids is 2. The van der Waals surface area contributed by atoms with Gasteiger partial charge in [-0.1, -0.05) is 6.42 Å². The highest BCUT2D eigenvalue weighted by molar-refractivity contribution is 6.01. The molecule has 3 rings (SSSR count). The van der Waals surface area contributed by atoms with Gasteiger partial charge in [0.25, 0.3) is 5.56 Å². The maximum atomic E-state index is 13.1. The van der Waals surface area contributed by atoms with Gasteiger partial charge in [0.05, 0.1) is 19.1 Å². The Morgan fingerprint density at radius 2 is 1.97 bits per heavy atom. The summed E-state index contributed by atoms with van der Waals surface area (Å²) >= 11 is 0. The lowest BCUT2D eigenvalue weighted by molar-refractivity contribution is -0.124. The number of anilines is 1. The molecule has 0 aromatic carbocycles. The number of imidazole rings is 1. The number of primary amides is 1. The van der Waals surface area contributed by atoms with E-state index in [0.717, 1.165) is 17.4 Å². The van der Waals surface area contributed by atoms with Crippen molar-refractivity contribution in [3.05, 3.63) is 44.6 Å². The number of likely N-dealkylation sites (tertiary alicyclic amines) is 1. The summed E-state index contributed by atoms with van der Waals surface area (Å²) in [6.07, 6.45) is 5.54. The summed E-state index contributed by atoms with van der Waals surface area (Å²) in [4.78, 5) is 56.4. The molecule has 1 atom stereocenters. The lowest BCUT2D eigenvalue weighted by atomic mass is 10.0. The minimum atomic E-state index is -0.728. The van der Waals surface area contributed by atoms with Gasteiger partial charge in [0.15, 0.2) is 5.78 Å². The van der Waals surface area contributed by atoms with E-state index in [1.165, 1.54) is 4.57 Å². The molecule has 0 radical (unpaired) electrons. The van der Waals surface area contributed by atoms with Crippen LogP contribution in [0.5, 0.6) is 0 Å². The van der Waals surface area contributed by atoms with Crippen LogP contribution in [0.2, 0.25) is 0 Å². The normalized spacial score (nSPS) is 17.2. The van der Waals surface area contributed by atoms with Crippen LogP contribution < -0.4 is 22.7 Å². The van der Waals surface area contributed by atoms with Crippen molar-refractivity contribution >= 4 is 17.5 Å². The van der Waals surface area contributed by atoms with Crippen LogP contribution in [0.1, 0.15) is 42.4 Å². The molecular formula is C19H27N7O4. The molecule has 3 heterocycles. The number of hydrogen-bond acceptors (Lipinski definition) is 7. The fourth-order valence-electron chi connectivity index (χ4n) is 3.87. The second kappa shape index (κ2) is 8.66. The van der Waals surface area contributed by atoms with Crippen molar-refractivity contribution in [2.45, 2.75) is 45.3 Å². The molecule has 11 heteroatoms. The van der Waals surface area contributed by atoms with E-state index in [-0.39, 0.29) is 31.0 Å². The first-order chi connectivity index (χ1) is 14.3. The highest BCUT2D eigenvalue weighted by atomic mass is 16.2. The maximum absolute atomic E-state index is 13.1. The molecule has 1 saturated heterocycles. The molecule has 0 unspecified atom stereocenters. The van der Waals surface area contributed by atoms with Gasteiger partial charge in [0, 0.05) is 26.0 Å². The minimum absolute atomic E-state index is 0.0162. The van der Waals surface area contributed by atoms with E-state index in [2.05, 4.69) is 4.98 Å². The Morgan fingerprint density at radius 1 is 1.23 bits per heavy atom. The monoisotopic (exact) mass is 417 g/mol. The van der Waals surface area contributed by atoms with E-state index in [0.29, 0.717) is 18.8 Å². The van der Waals surface area contributed by atoms with Gasteiger partial charge >= 0.3 is 5.69 Å². The van der Waals surface area contributed by atoms with Gasteiger partial charge in [0.2, 0.25) is 5.91 Å². The quantitative estimate of drug-likeness (QED) is 0.544. The Balaban J connectivity index is 2.03. The standard InChI is InChI=1S/C19H27N7O4/c1-3-25-18(29)15(13(27)10-24-8-5-4-6-12(24)17(21)28)16(20)26(19(25)30)11-14-22-7-9-23(14)2/h7,9,12H,3-6,8,10-11,20H2,1-2H3,(H2,21,28)/t12-/m1/s1. The first-order valence-electron chi connectivity index (χ1n) is 9.92. The molecule has 0 spiro atoms. The summed E-state index contributed by atoms with van der Waals surface area (Å²) in [6.45, 7) is 2.10. The third-order valence-electron chi connectivity index (χ3n) is 5.57. The third-order valence-corrected chi connectivity index (χ3v) is 5.57. The molecule has 30 heavy (non-hydrogen) atoms. The number of amides is 1. The minimum Gasteiger partial charge on any atom is -0.384 e. The molecule has 2 aromatic heterocycles. The van der Waals surface area contributed by atoms with E-state index >= 15 is 0 Å². The van der Waals surface area contributed by atoms with Gasteiger partial charge in [-0.15, -0.1) is 0 Å². The lowest BCUT2D eigenvalue weighted by Gasteiger charge is -2.33. The fourth-order valence-corrected chi connectivity index (χ4v) is 3.87. The molecule has 0 aliphatic carbocycles. The van der Waals surface area contributed by atoms with Crippen LogP contribution in [0.3, 0.4) is 0 Å².